The molecule has 0 saturated heterocycles. The van der Waals surface area contributed by atoms with Crippen LogP contribution >= 0.6 is 7.60 Å². The zero-order chi connectivity index (χ0) is 26.0. The number of hydrogen-bond acceptors (Lipinski definition) is 9. The van der Waals surface area contributed by atoms with E-state index in [0.717, 1.165) is 16.9 Å². The Hall–Kier alpha value is -1.72. The van der Waals surface area contributed by atoms with E-state index in [1.807, 2.05) is 30.3 Å². The summed E-state index contributed by atoms with van der Waals surface area (Å²) < 4.78 is 28.7. The molecule has 1 amide bonds. The van der Waals surface area contributed by atoms with Crippen LogP contribution in [0.2, 0.25) is 0 Å². The second-order valence-corrected chi connectivity index (χ2v) is 10.4. The number of fused-ring (bicyclic) bond motifs is 1. The summed E-state index contributed by atoms with van der Waals surface area (Å²) in [5, 5.41) is 11.4. The fraction of sp³-hybridized carbons (Fsp3) is 0.440. The molecule has 10 nitrogen and oxygen atoms in total. The molecule has 0 bridgehead atoms. The summed E-state index contributed by atoms with van der Waals surface area (Å²) in [6.07, 6.45) is 1.16. The van der Waals surface area contributed by atoms with Gasteiger partial charge in [-0.15, -0.1) is 0 Å². The molecule has 0 aliphatic carbocycles. The summed E-state index contributed by atoms with van der Waals surface area (Å²) >= 11 is 0. The molecule has 2 aromatic carbocycles. The van der Waals surface area contributed by atoms with Crippen LogP contribution in [0.4, 0.5) is 5.69 Å². The van der Waals surface area contributed by atoms with Gasteiger partial charge in [-0.05, 0) is 62.8 Å². The van der Waals surface area contributed by atoms with Crippen LogP contribution in [0.5, 0.6) is 11.5 Å². The van der Waals surface area contributed by atoms with Gasteiger partial charge in [0.05, 0.1) is 12.5 Å². The molecule has 0 spiro atoms. The van der Waals surface area contributed by atoms with Crippen molar-refractivity contribution < 1.29 is 75.9 Å². The van der Waals surface area contributed by atoms with Crippen LogP contribution in [0.25, 0.3) is 0 Å². The van der Waals surface area contributed by atoms with Gasteiger partial charge in [-0.3, -0.25) is 4.79 Å². The predicted molar refractivity (Wildman–Crippen MR) is 130 cm³/mol. The van der Waals surface area contributed by atoms with Gasteiger partial charge in [-0.25, -0.2) is 0 Å². The molecule has 2 N–H and O–H groups in total. The zero-order valence-corrected chi connectivity index (χ0v) is 22.9. The van der Waals surface area contributed by atoms with Crippen molar-refractivity contribution in [1.29, 1.82) is 0 Å². The summed E-state index contributed by atoms with van der Waals surface area (Å²) in [5.41, 5.74) is 6.86. The average molecular weight is 532 g/mol. The van der Waals surface area contributed by atoms with Crippen LogP contribution < -0.4 is 67.8 Å². The van der Waals surface area contributed by atoms with Gasteiger partial charge in [-0.2, -0.15) is 0 Å². The van der Waals surface area contributed by atoms with Crippen LogP contribution in [-0.2, 0) is 25.1 Å². The third kappa shape index (κ3) is 10.8. The molecule has 1 heterocycles. The van der Waals surface area contributed by atoms with Gasteiger partial charge in [0.1, 0.15) is 13.7 Å². The quantitative estimate of drug-likeness (QED) is 0.136. The zero-order valence-electron chi connectivity index (χ0n) is 22.0. The number of aliphatic carboxylic acids is 1. The number of anilines is 1. The maximum Gasteiger partial charge on any atom is 1.00 e. The molecule has 1 aliphatic rings. The van der Waals surface area contributed by atoms with Crippen LogP contribution in [0, 0.1) is 0 Å². The Kier molecular flexibility index (Phi) is 15.4. The smallest absolute Gasteiger partial charge is 0.778 e. The first-order valence-corrected chi connectivity index (χ1v) is 13.6. The van der Waals surface area contributed by atoms with Gasteiger partial charge in [-0.1, -0.05) is 30.3 Å². The molecule has 2 aromatic rings. The van der Waals surface area contributed by atoms with Crippen LogP contribution in [0.3, 0.4) is 0 Å². The fourth-order valence-corrected chi connectivity index (χ4v) is 5.17. The van der Waals surface area contributed by atoms with E-state index in [4.69, 9.17) is 19.7 Å². The van der Waals surface area contributed by atoms with Gasteiger partial charge < -0.3 is 44.0 Å². The molecule has 38 heavy (non-hydrogen) atoms. The van der Waals surface area contributed by atoms with E-state index in [2.05, 4.69) is 0 Å². The van der Waals surface area contributed by atoms with E-state index in [1.54, 1.807) is 6.07 Å². The maximum atomic E-state index is 13.4. The van der Waals surface area contributed by atoms with Crippen molar-refractivity contribution in [3.05, 3.63) is 54.1 Å². The van der Waals surface area contributed by atoms with Crippen LogP contribution in [0.15, 0.2) is 48.5 Å². The Morgan fingerprint density at radius 3 is 2.42 bits per heavy atom. The third-order valence-corrected chi connectivity index (χ3v) is 7.13. The van der Waals surface area contributed by atoms with Gasteiger partial charge in [0.2, 0.25) is 6.79 Å². The summed E-state index contributed by atoms with van der Waals surface area (Å²) in [6, 6.07) is 14.2. The Morgan fingerprint density at radius 2 is 1.74 bits per heavy atom. The Labute approximate surface area is 247 Å². The van der Waals surface area contributed by atoms with Gasteiger partial charge in [0.25, 0.3) is 5.91 Å². The second kappa shape index (κ2) is 17.1. The van der Waals surface area contributed by atoms with E-state index in [0.29, 0.717) is 43.7 Å². The molecule has 1 aliphatic heterocycles. The molecular formula is C25H31Li2N2O8P. The minimum absolute atomic E-state index is 0. The van der Waals surface area contributed by atoms with E-state index in [9.17, 15) is 24.2 Å². The van der Waals surface area contributed by atoms with Crippen LogP contribution in [-0.4, -0.2) is 44.0 Å². The largest absolute Gasteiger partial charge is 1.00 e. The van der Waals surface area contributed by atoms with E-state index in [1.165, 1.54) is 12.1 Å². The molecule has 196 valence electrons. The summed E-state index contributed by atoms with van der Waals surface area (Å²) in [6.45, 7) is -0.419. The summed E-state index contributed by atoms with van der Waals surface area (Å²) in [5.74, 6) is -1.50. The monoisotopic (exact) mass is 532 g/mol. The van der Waals surface area contributed by atoms with Crippen molar-refractivity contribution >= 4 is 25.2 Å². The number of unbranched alkanes of at least 4 members (excludes halogenated alkanes) is 2. The second-order valence-electron chi connectivity index (χ2n) is 8.49. The van der Waals surface area contributed by atoms with Crippen molar-refractivity contribution in [2.24, 2.45) is 5.73 Å². The summed E-state index contributed by atoms with van der Waals surface area (Å²) in [7, 11) is -4.39. The first kappa shape index (κ1) is 34.3. The number of carbonyl (C=O) groups excluding carboxylic acids is 2. The first-order chi connectivity index (χ1) is 17.3. The summed E-state index contributed by atoms with van der Waals surface area (Å²) in [4.78, 5) is 38.6. The molecule has 0 radical (unpaired) electrons. The maximum absolute atomic E-state index is 13.4. The van der Waals surface area contributed by atoms with Crippen LogP contribution in [0.1, 0.15) is 37.7 Å². The fourth-order valence-electron chi connectivity index (χ4n) is 3.87. The number of nitrogens with two attached hydrogens (primary N) is 1. The number of amides is 1. The van der Waals surface area contributed by atoms with Gasteiger partial charge in [0.15, 0.2) is 11.5 Å². The number of aryl methyl sites for hydroxylation is 1. The molecule has 0 aromatic heterocycles. The molecule has 2 atom stereocenters. The normalized spacial score (nSPS) is 13.9. The molecule has 0 saturated carbocycles. The number of carboxylic acids is 1. The first-order valence-electron chi connectivity index (χ1n) is 11.9. The number of hydrogen-bond donors (Lipinski definition) is 1. The number of nitrogens with zero attached hydrogens (tertiary/aromatic N) is 1. The van der Waals surface area contributed by atoms with E-state index < -0.39 is 32.1 Å². The van der Waals surface area contributed by atoms with Crippen molar-refractivity contribution in [2.75, 3.05) is 30.9 Å². The number of rotatable bonds is 15. The number of benzene rings is 2. The van der Waals surface area contributed by atoms with Crippen molar-refractivity contribution in [3.8, 4) is 11.5 Å². The minimum atomic E-state index is -4.39. The molecular weight excluding hydrogens is 501 g/mol. The number of ether oxygens (including phenoxy) is 2. The standard InChI is InChI=1S/C25H33N2O8P.2Li/c26-14-6-4-11-22(35-36(31,32)15-7-5-10-19-8-2-1-3-9-19)25(30)27(17-24(28)29)20-12-13-21-23(16-20)34-18-33-21;;/h1-3,8-9,12-13,16,22H,4-7,10-11,14-15,17-18,26H2,(H,28,29)(H,31,32);;/q;2*+1/p-2/t22-;;/m0../s1. The number of carbonyl (C=O) groups is 2. The topological polar surface area (TPSA) is 154 Å². The predicted octanol–water partition coefficient (Wildman–Crippen LogP) is -4.40. The minimum Gasteiger partial charge on any atom is -0.778 e. The van der Waals surface area contributed by atoms with Gasteiger partial charge >= 0.3 is 37.7 Å². The molecule has 13 heteroatoms. The van der Waals surface area contributed by atoms with Crippen molar-refractivity contribution in [2.45, 2.75) is 44.6 Å². The Morgan fingerprint density at radius 1 is 1.03 bits per heavy atom. The molecule has 1 unspecified atom stereocenters. The van der Waals surface area contributed by atoms with E-state index in [-0.39, 0.29) is 62.8 Å². The van der Waals surface area contributed by atoms with Gasteiger partial charge in [0, 0.05) is 17.9 Å². The SMILES string of the molecule is NCCCC[C@H](OP(=O)([O-])CCCCc1ccccc1)C(=O)N(CC(=O)[O-])c1ccc2c(c1)OCO2.[Li+].[Li+]. The molecule has 3 rings (SSSR count). The Balaban J connectivity index is 0.00000361. The van der Waals surface area contributed by atoms with E-state index >= 15 is 0 Å². The number of carboxylic acid groups (broad SMARTS) is 1. The molecule has 0 fully saturated rings. The van der Waals surface area contributed by atoms with Crippen molar-refractivity contribution in [1.82, 2.24) is 0 Å². The third-order valence-electron chi connectivity index (χ3n) is 5.70. The Bertz CT molecular complexity index is 1080. The van der Waals surface area contributed by atoms with Crippen molar-refractivity contribution in [3.63, 3.8) is 0 Å². The average Bonchev–Trinajstić information content (AvgIpc) is 3.33.